The van der Waals surface area contributed by atoms with E-state index in [2.05, 4.69) is 37.1 Å². The van der Waals surface area contributed by atoms with Crippen LogP contribution in [0.1, 0.15) is 21.5 Å². The Balaban J connectivity index is 1.58. The number of halogens is 2. The number of rotatable bonds is 5. The number of hydrogen-bond donors (Lipinski definition) is 1. The van der Waals surface area contributed by atoms with Crippen LogP contribution in [0.2, 0.25) is 5.02 Å². The molecule has 0 saturated heterocycles. The lowest BCUT2D eigenvalue weighted by Gasteiger charge is -2.05. The Hall–Kier alpha value is -2.89. The molecule has 1 aromatic heterocycles. The summed E-state index contributed by atoms with van der Waals surface area (Å²) in [5.41, 5.74) is 6.26. The van der Waals surface area contributed by atoms with Crippen molar-refractivity contribution in [2.24, 2.45) is 5.10 Å². The van der Waals surface area contributed by atoms with E-state index in [9.17, 15) is 4.79 Å². The first-order chi connectivity index (χ1) is 14.1. The Morgan fingerprint density at radius 1 is 1.07 bits per heavy atom. The van der Waals surface area contributed by atoms with Gasteiger partial charge in [-0.2, -0.15) is 5.10 Å². The Bertz CT molecular complexity index is 1220. The largest absolute Gasteiger partial charge is 0.342 e. The van der Waals surface area contributed by atoms with Crippen LogP contribution >= 0.6 is 27.5 Å². The minimum Gasteiger partial charge on any atom is -0.342 e. The zero-order chi connectivity index (χ0) is 20.2. The maximum atomic E-state index is 12.3. The zero-order valence-electron chi connectivity index (χ0n) is 15.3. The molecule has 0 saturated carbocycles. The van der Waals surface area contributed by atoms with Crippen LogP contribution in [0.4, 0.5) is 0 Å². The monoisotopic (exact) mass is 465 g/mol. The van der Waals surface area contributed by atoms with Crippen molar-refractivity contribution in [1.29, 1.82) is 0 Å². The molecule has 0 aliphatic heterocycles. The van der Waals surface area contributed by atoms with Crippen LogP contribution in [0.3, 0.4) is 0 Å². The highest BCUT2D eigenvalue weighted by atomic mass is 79.9. The molecule has 4 aromatic rings. The molecule has 0 spiro atoms. The van der Waals surface area contributed by atoms with E-state index in [1.54, 1.807) is 12.3 Å². The predicted octanol–water partition coefficient (Wildman–Crippen LogP) is 5.87. The van der Waals surface area contributed by atoms with Crippen molar-refractivity contribution >= 4 is 50.6 Å². The molecule has 3 aromatic carbocycles. The Labute approximate surface area is 181 Å². The first kappa shape index (κ1) is 19.4. The van der Waals surface area contributed by atoms with Gasteiger partial charge in [0.15, 0.2) is 0 Å². The number of benzene rings is 3. The first-order valence-electron chi connectivity index (χ1n) is 9.02. The Morgan fingerprint density at radius 3 is 2.69 bits per heavy atom. The van der Waals surface area contributed by atoms with Crippen molar-refractivity contribution in [3.63, 3.8) is 0 Å². The summed E-state index contributed by atoms with van der Waals surface area (Å²) >= 11 is 9.50. The van der Waals surface area contributed by atoms with E-state index in [-0.39, 0.29) is 5.91 Å². The van der Waals surface area contributed by atoms with Crippen LogP contribution < -0.4 is 5.43 Å². The lowest BCUT2D eigenvalue weighted by molar-refractivity contribution is 0.0954. The van der Waals surface area contributed by atoms with E-state index < -0.39 is 0 Å². The van der Waals surface area contributed by atoms with Gasteiger partial charge in [0.2, 0.25) is 0 Å². The van der Waals surface area contributed by atoms with Gasteiger partial charge < -0.3 is 4.57 Å². The summed E-state index contributed by atoms with van der Waals surface area (Å²) < 4.78 is 2.88. The summed E-state index contributed by atoms with van der Waals surface area (Å²) in [5, 5.41) is 5.95. The SMILES string of the molecule is O=C(N/N=C\c1cn(Cc2cccc(Cl)c2)c2ccccc12)c1ccccc1Br. The molecule has 0 atom stereocenters. The molecule has 1 N–H and O–H groups in total. The summed E-state index contributed by atoms with van der Waals surface area (Å²) in [5.74, 6) is -0.267. The van der Waals surface area contributed by atoms with Gasteiger partial charge in [-0.25, -0.2) is 5.43 Å². The highest BCUT2D eigenvalue weighted by Crippen LogP contribution is 2.22. The van der Waals surface area contributed by atoms with Gasteiger partial charge in [0.05, 0.1) is 11.8 Å². The Morgan fingerprint density at radius 2 is 1.86 bits per heavy atom. The number of nitrogens with one attached hydrogen (secondary N) is 1. The van der Waals surface area contributed by atoms with Crippen LogP contribution in [0.5, 0.6) is 0 Å². The average molecular weight is 467 g/mol. The molecule has 0 bridgehead atoms. The molecule has 0 radical (unpaired) electrons. The molecule has 1 amide bonds. The van der Waals surface area contributed by atoms with Crippen molar-refractivity contribution in [2.75, 3.05) is 0 Å². The van der Waals surface area contributed by atoms with E-state index in [0.717, 1.165) is 31.5 Å². The van der Waals surface area contributed by atoms with E-state index in [1.165, 1.54) is 0 Å². The van der Waals surface area contributed by atoms with Gasteiger partial charge in [0.1, 0.15) is 0 Å². The molecule has 6 heteroatoms. The fourth-order valence-corrected chi connectivity index (χ4v) is 3.88. The molecule has 29 heavy (non-hydrogen) atoms. The molecule has 0 aliphatic carbocycles. The third-order valence-corrected chi connectivity index (χ3v) is 5.48. The first-order valence-corrected chi connectivity index (χ1v) is 10.2. The number of para-hydroxylation sites is 1. The van der Waals surface area contributed by atoms with E-state index in [0.29, 0.717) is 12.1 Å². The van der Waals surface area contributed by atoms with Crippen LogP contribution in [0.15, 0.2) is 88.6 Å². The maximum absolute atomic E-state index is 12.3. The molecule has 144 valence electrons. The minimum atomic E-state index is -0.267. The summed E-state index contributed by atoms with van der Waals surface area (Å²) in [6.45, 7) is 0.693. The average Bonchev–Trinajstić information content (AvgIpc) is 3.06. The number of fused-ring (bicyclic) bond motifs is 1. The number of hydrazone groups is 1. The highest BCUT2D eigenvalue weighted by Gasteiger charge is 2.09. The second-order valence-electron chi connectivity index (χ2n) is 6.54. The number of carbonyl (C=O) groups excluding carboxylic acids is 1. The quantitative estimate of drug-likeness (QED) is 0.290. The molecule has 1 heterocycles. The van der Waals surface area contributed by atoms with Gasteiger partial charge in [0, 0.05) is 38.7 Å². The summed E-state index contributed by atoms with van der Waals surface area (Å²) in [6, 6.07) is 23.2. The van der Waals surface area contributed by atoms with Crippen molar-refractivity contribution in [3.8, 4) is 0 Å². The fourth-order valence-electron chi connectivity index (χ4n) is 3.21. The van der Waals surface area contributed by atoms with Crippen molar-refractivity contribution in [3.05, 3.63) is 105 Å². The van der Waals surface area contributed by atoms with Gasteiger partial charge in [-0.3, -0.25) is 4.79 Å². The van der Waals surface area contributed by atoms with Crippen molar-refractivity contribution in [1.82, 2.24) is 9.99 Å². The van der Waals surface area contributed by atoms with Gasteiger partial charge in [0.25, 0.3) is 5.91 Å². The normalized spacial score (nSPS) is 11.2. The van der Waals surface area contributed by atoms with Crippen LogP contribution in [0, 0.1) is 0 Å². The molecular weight excluding hydrogens is 450 g/mol. The molecule has 0 unspecified atom stereocenters. The Kier molecular flexibility index (Phi) is 5.79. The summed E-state index contributed by atoms with van der Waals surface area (Å²) in [4.78, 5) is 12.3. The number of carbonyl (C=O) groups is 1. The van der Waals surface area contributed by atoms with Crippen molar-refractivity contribution in [2.45, 2.75) is 6.54 Å². The van der Waals surface area contributed by atoms with Gasteiger partial charge in [-0.15, -0.1) is 0 Å². The molecule has 0 fully saturated rings. The smallest absolute Gasteiger partial charge is 0.272 e. The number of hydrogen-bond acceptors (Lipinski definition) is 2. The second-order valence-corrected chi connectivity index (χ2v) is 7.83. The van der Waals surface area contributed by atoms with E-state index in [1.807, 2.05) is 66.9 Å². The van der Waals surface area contributed by atoms with Crippen LogP contribution in [0.25, 0.3) is 10.9 Å². The highest BCUT2D eigenvalue weighted by molar-refractivity contribution is 9.10. The lowest BCUT2D eigenvalue weighted by Crippen LogP contribution is -2.18. The topological polar surface area (TPSA) is 46.4 Å². The number of nitrogens with zero attached hydrogens (tertiary/aromatic N) is 2. The zero-order valence-corrected chi connectivity index (χ0v) is 17.7. The fraction of sp³-hybridized carbons (Fsp3) is 0.0435. The number of aromatic nitrogens is 1. The third kappa shape index (κ3) is 4.42. The number of amides is 1. The second kappa shape index (κ2) is 8.64. The van der Waals surface area contributed by atoms with E-state index >= 15 is 0 Å². The third-order valence-electron chi connectivity index (χ3n) is 4.55. The molecule has 0 aliphatic rings. The van der Waals surface area contributed by atoms with Gasteiger partial charge in [-0.1, -0.05) is 54.1 Å². The van der Waals surface area contributed by atoms with Crippen LogP contribution in [-0.2, 0) is 6.54 Å². The minimum absolute atomic E-state index is 0.267. The molecule has 4 nitrogen and oxygen atoms in total. The van der Waals surface area contributed by atoms with Gasteiger partial charge >= 0.3 is 0 Å². The summed E-state index contributed by atoms with van der Waals surface area (Å²) in [6.07, 6.45) is 3.70. The standard InChI is InChI=1S/C23H17BrClN3O/c24-21-10-3-1-9-20(21)23(29)27-26-13-17-15-28(22-11-4-2-8-19(17)22)14-16-6-5-7-18(25)12-16/h1-13,15H,14H2,(H,27,29)/b26-13-. The van der Waals surface area contributed by atoms with Crippen LogP contribution in [-0.4, -0.2) is 16.7 Å². The maximum Gasteiger partial charge on any atom is 0.272 e. The summed E-state index contributed by atoms with van der Waals surface area (Å²) in [7, 11) is 0. The van der Waals surface area contributed by atoms with Gasteiger partial charge in [-0.05, 0) is 51.8 Å². The van der Waals surface area contributed by atoms with Crippen molar-refractivity contribution < 1.29 is 4.79 Å². The lowest BCUT2D eigenvalue weighted by atomic mass is 10.2. The predicted molar refractivity (Wildman–Crippen MR) is 122 cm³/mol. The molecule has 4 rings (SSSR count). The van der Waals surface area contributed by atoms with E-state index in [4.69, 9.17) is 11.6 Å². The molecular formula is C23H17BrClN3O.